The standard InChI is InChI=1S/C18H19ClOS/c1-13(2)9-14-5-3-6-15(10-14)18(20)12-21-17-8-4-7-16(19)11-17/h3-8,10-11,13H,9,12H2,1-2H3. The molecule has 1 nitrogen and oxygen atoms in total. The second-order valence-electron chi connectivity index (χ2n) is 5.47. The molecule has 0 spiro atoms. The molecule has 0 aliphatic carbocycles. The van der Waals surface area contributed by atoms with Crippen LogP contribution in [0.15, 0.2) is 53.4 Å². The Kier molecular flexibility index (Phi) is 5.89. The van der Waals surface area contributed by atoms with Gasteiger partial charge in [0.15, 0.2) is 5.78 Å². The first-order valence-corrected chi connectivity index (χ1v) is 8.41. The number of halogens is 1. The molecule has 0 fully saturated rings. The third kappa shape index (κ3) is 5.22. The second kappa shape index (κ2) is 7.67. The Balaban J connectivity index is 2.00. The highest BCUT2D eigenvalue weighted by Crippen LogP contribution is 2.22. The molecule has 3 heteroatoms. The maximum atomic E-state index is 12.3. The predicted octanol–water partition coefficient (Wildman–Crippen LogP) is 5.51. The largest absolute Gasteiger partial charge is 0.293 e. The summed E-state index contributed by atoms with van der Waals surface area (Å²) in [5.74, 6) is 1.19. The fourth-order valence-corrected chi connectivity index (χ4v) is 3.24. The fraction of sp³-hybridized carbons (Fsp3) is 0.278. The molecule has 2 aromatic rings. The molecule has 110 valence electrons. The van der Waals surface area contributed by atoms with Crippen molar-refractivity contribution in [3.8, 4) is 0 Å². The van der Waals surface area contributed by atoms with Crippen molar-refractivity contribution in [2.24, 2.45) is 5.92 Å². The Labute approximate surface area is 135 Å². The average Bonchev–Trinajstić information content (AvgIpc) is 2.44. The van der Waals surface area contributed by atoms with Crippen molar-refractivity contribution in [2.45, 2.75) is 25.2 Å². The van der Waals surface area contributed by atoms with E-state index in [1.165, 1.54) is 17.3 Å². The molecular formula is C18H19ClOS. The van der Waals surface area contributed by atoms with E-state index in [-0.39, 0.29) is 5.78 Å². The molecule has 0 saturated heterocycles. The molecule has 0 heterocycles. The third-order valence-corrected chi connectivity index (χ3v) is 4.29. The van der Waals surface area contributed by atoms with Gasteiger partial charge in [-0.3, -0.25) is 4.79 Å². The zero-order valence-corrected chi connectivity index (χ0v) is 13.9. The van der Waals surface area contributed by atoms with Crippen molar-refractivity contribution in [3.63, 3.8) is 0 Å². The normalized spacial score (nSPS) is 10.9. The van der Waals surface area contributed by atoms with Crippen LogP contribution in [0.5, 0.6) is 0 Å². The lowest BCUT2D eigenvalue weighted by Crippen LogP contribution is -2.04. The molecule has 0 aromatic heterocycles. The van der Waals surface area contributed by atoms with Gasteiger partial charge in [0.2, 0.25) is 0 Å². The lowest BCUT2D eigenvalue weighted by molar-refractivity contribution is 0.102. The Morgan fingerprint density at radius 1 is 1.14 bits per heavy atom. The van der Waals surface area contributed by atoms with Crippen LogP contribution < -0.4 is 0 Å². The number of benzene rings is 2. The number of hydrogen-bond acceptors (Lipinski definition) is 2. The molecular weight excluding hydrogens is 300 g/mol. The molecule has 0 aliphatic heterocycles. The van der Waals surface area contributed by atoms with Gasteiger partial charge in [-0.2, -0.15) is 0 Å². The van der Waals surface area contributed by atoms with E-state index < -0.39 is 0 Å². The smallest absolute Gasteiger partial charge is 0.173 e. The molecule has 0 N–H and O–H groups in total. The maximum absolute atomic E-state index is 12.3. The van der Waals surface area contributed by atoms with Crippen LogP contribution in [0.25, 0.3) is 0 Å². The van der Waals surface area contributed by atoms with Crippen molar-refractivity contribution in [2.75, 3.05) is 5.75 Å². The van der Waals surface area contributed by atoms with E-state index in [4.69, 9.17) is 11.6 Å². The van der Waals surface area contributed by atoms with E-state index in [9.17, 15) is 4.79 Å². The van der Waals surface area contributed by atoms with E-state index in [1.807, 2.05) is 42.5 Å². The quantitative estimate of drug-likeness (QED) is 0.515. The number of hydrogen-bond donors (Lipinski definition) is 0. The fourth-order valence-electron chi connectivity index (χ4n) is 2.13. The Hall–Kier alpha value is -1.25. The van der Waals surface area contributed by atoms with Crippen LogP contribution in [0, 0.1) is 5.92 Å². The molecule has 0 saturated carbocycles. The Morgan fingerprint density at radius 3 is 2.62 bits per heavy atom. The van der Waals surface area contributed by atoms with E-state index in [0.29, 0.717) is 16.7 Å². The highest BCUT2D eigenvalue weighted by molar-refractivity contribution is 8.00. The van der Waals surface area contributed by atoms with Gasteiger partial charge in [-0.15, -0.1) is 11.8 Å². The lowest BCUT2D eigenvalue weighted by atomic mass is 10.00. The van der Waals surface area contributed by atoms with Gasteiger partial charge in [0.25, 0.3) is 0 Å². The van der Waals surface area contributed by atoms with Gasteiger partial charge in [0.05, 0.1) is 5.75 Å². The highest BCUT2D eigenvalue weighted by Gasteiger charge is 2.08. The average molecular weight is 319 g/mol. The number of Topliss-reactive ketones (excluding diaryl/α,β-unsaturated/α-hetero) is 1. The molecule has 2 rings (SSSR count). The molecule has 0 atom stereocenters. The predicted molar refractivity (Wildman–Crippen MR) is 91.5 cm³/mol. The summed E-state index contributed by atoms with van der Waals surface area (Å²) in [5.41, 5.74) is 2.02. The summed E-state index contributed by atoms with van der Waals surface area (Å²) < 4.78 is 0. The van der Waals surface area contributed by atoms with E-state index in [1.54, 1.807) is 0 Å². The number of ketones is 1. The summed E-state index contributed by atoms with van der Waals surface area (Å²) in [7, 11) is 0. The van der Waals surface area contributed by atoms with Gasteiger partial charge < -0.3 is 0 Å². The Morgan fingerprint density at radius 2 is 1.90 bits per heavy atom. The summed E-state index contributed by atoms with van der Waals surface area (Å²) in [6.07, 6.45) is 1.00. The molecule has 0 radical (unpaired) electrons. The first kappa shape index (κ1) is 16.1. The van der Waals surface area contributed by atoms with Gasteiger partial charge in [-0.05, 0) is 42.2 Å². The van der Waals surface area contributed by atoms with Gasteiger partial charge in [0, 0.05) is 15.5 Å². The number of rotatable bonds is 6. The van der Waals surface area contributed by atoms with Crippen LogP contribution in [0.4, 0.5) is 0 Å². The third-order valence-electron chi connectivity index (χ3n) is 3.06. The van der Waals surface area contributed by atoms with Crippen LogP contribution in [0.1, 0.15) is 29.8 Å². The van der Waals surface area contributed by atoms with Crippen LogP contribution in [-0.2, 0) is 6.42 Å². The van der Waals surface area contributed by atoms with Crippen molar-refractivity contribution in [1.29, 1.82) is 0 Å². The van der Waals surface area contributed by atoms with E-state index in [2.05, 4.69) is 19.9 Å². The van der Waals surface area contributed by atoms with Gasteiger partial charge >= 0.3 is 0 Å². The summed E-state index contributed by atoms with van der Waals surface area (Å²) >= 11 is 7.47. The topological polar surface area (TPSA) is 17.1 Å². The molecule has 0 amide bonds. The SMILES string of the molecule is CC(C)Cc1cccc(C(=O)CSc2cccc(Cl)c2)c1. The first-order chi connectivity index (χ1) is 10.0. The van der Waals surface area contributed by atoms with Gasteiger partial charge in [-0.1, -0.05) is 49.7 Å². The van der Waals surface area contributed by atoms with Crippen LogP contribution in [-0.4, -0.2) is 11.5 Å². The van der Waals surface area contributed by atoms with Crippen molar-refractivity contribution >= 4 is 29.1 Å². The van der Waals surface area contributed by atoms with Crippen LogP contribution >= 0.6 is 23.4 Å². The maximum Gasteiger partial charge on any atom is 0.173 e. The first-order valence-electron chi connectivity index (χ1n) is 7.05. The summed E-state index contributed by atoms with van der Waals surface area (Å²) in [5, 5.41) is 0.700. The number of thioether (sulfide) groups is 1. The number of carbonyl (C=O) groups is 1. The van der Waals surface area contributed by atoms with Crippen LogP contribution in [0.2, 0.25) is 5.02 Å². The number of carbonyl (C=O) groups excluding carboxylic acids is 1. The summed E-state index contributed by atoms with van der Waals surface area (Å²) in [4.78, 5) is 13.3. The van der Waals surface area contributed by atoms with Crippen LogP contribution in [0.3, 0.4) is 0 Å². The monoisotopic (exact) mass is 318 g/mol. The summed E-state index contributed by atoms with van der Waals surface area (Å²) in [6.45, 7) is 4.37. The molecule has 0 bridgehead atoms. The minimum atomic E-state index is 0.158. The molecule has 2 aromatic carbocycles. The molecule has 21 heavy (non-hydrogen) atoms. The lowest BCUT2D eigenvalue weighted by Gasteiger charge is -2.07. The minimum absolute atomic E-state index is 0.158. The van der Waals surface area contributed by atoms with Gasteiger partial charge in [-0.25, -0.2) is 0 Å². The molecule has 0 aliphatic rings. The van der Waals surface area contributed by atoms with Gasteiger partial charge in [0.1, 0.15) is 0 Å². The highest BCUT2D eigenvalue weighted by atomic mass is 35.5. The van der Waals surface area contributed by atoms with E-state index >= 15 is 0 Å². The van der Waals surface area contributed by atoms with Crippen molar-refractivity contribution in [3.05, 3.63) is 64.7 Å². The van der Waals surface area contributed by atoms with Crippen molar-refractivity contribution < 1.29 is 4.79 Å². The molecule has 0 unspecified atom stereocenters. The zero-order valence-electron chi connectivity index (χ0n) is 12.3. The minimum Gasteiger partial charge on any atom is -0.293 e. The summed E-state index contributed by atoms with van der Waals surface area (Å²) in [6, 6.07) is 15.6. The zero-order chi connectivity index (χ0) is 15.2. The second-order valence-corrected chi connectivity index (χ2v) is 6.95. The van der Waals surface area contributed by atoms with Crippen molar-refractivity contribution in [1.82, 2.24) is 0 Å². The Bertz CT molecular complexity index is 622. The van der Waals surface area contributed by atoms with E-state index in [0.717, 1.165) is 16.9 Å².